The van der Waals surface area contributed by atoms with Gasteiger partial charge < -0.3 is 16.0 Å². The number of carbonyl (C=O) groups is 2. The van der Waals surface area contributed by atoms with Gasteiger partial charge >= 0.3 is 6.03 Å². The van der Waals surface area contributed by atoms with E-state index in [9.17, 15) is 14.0 Å². The minimum Gasteiger partial charge on any atom is -0.369 e. The maximum absolute atomic E-state index is 13.0. The van der Waals surface area contributed by atoms with E-state index in [4.69, 9.17) is 5.73 Å². The van der Waals surface area contributed by atoms with Gasteiger partial charge in [-0.25, -0.2) is 13.9 Å². The van der Waals surface area contributed by atoms with Crippen molar-refractivity contribution in [1.29, 1.82) is 0 Å². The molecule has 0 bridgehead atoms. The third kappa shape index (κ3) is 4.10. The second kappa shape index (κ2) is 7.77. The second-order valence-electron chi connectivity index (χ2n) is 6.95. The summed E-state index contributed by atoms with van der Waals surface area (Å²) in [5.74, 6) is -0.651. The van der Waals surface area contributed by atoms with Crippen LogP contribution in [0.25, 0.3) is 5.69 Å². The van der Waals surface area contributed by atoms with Crippen LogP contribution >= 0.6 is 0 Å². The zero-order chi connectivity index (χ0) is 19.4. The van der Waals surface area contributed by atoms with Crippen LogP contribution in [0, 0.1) is 11.2 Å². The van der Waals surface area contributed by atoms with Gasteiger partial charge in [-0.1, -0.05) is 6.92 Å². The number of aromatic nitrogens is 2. The fourth-order valence-corrected chi connectivity index (χ4v) is 3.44. The number of piperidine rings is 1. The number of urea groups is 1. The van der Waals surface area contributed by atoms with E-state index in [1.165, 1.54) is 12.1 Å². The monoisotopic (exact) mass is 373 g/mol. The molecule has 0 unspecified atom stereocenters. The Bertz CT molecular complexity index is 820. The molecule has 3 rings (SSSR count). The summed E-state index contributed by atoms with van der Waals surface area (Å²) < 4.78 is 14.6. The molecule has 1 aliphatic rings. The van der Waals surface area contributed by atoms with Crippen LogP contribution in [0.15, 0.2) is 36.7 Å². The number of amides is 3. The highest BCUT2D eigenvalue weighted by atomic mass is 19.1. The summed E-state index contributed by atoms with van der Waals surface area (Å²) in [4.78, 5) is 26.0. The number of halogens is 1. The Hall–Kier alpha value is -2.90. The Labute approximate surface area is 157 Å². The predicted octanol–water partition coefficient (Wildman–Crippen LogP) is 2.20. The van der Waals surface area contributed by atoms with Gasteiger partial charge in [0.15, 0.2) is 0 Å². The number of rotatable bonds is 5. The number of primary amides is 1. The Morgan fingerprint density at radius 1 is 1.33 bits per heavy atom. The molecule has 27 heavy (non-hydrogen) atoms. The number of hydrogen-bond donors (Lipinski definition) is 2. The van der Waals surface area contributed by atoms with Gasteiger partial charge in [0.25, 0.3) is 0 Å². The van der Waals surface area contributed by atoms with Crippen LogP contribution in [0.5, 0.6) is 0 Å². The highest BCUT2D eigenvalue weighted by Crippen LogP contribution is 2.33. The molecule has 2 heterocycles. The van der Waals surface area contributed by atoms with E-state index in [0.717, 1.165) is 17.7 Å². The first-order valence-electron chi connectivity index (χ1n) is 9.06. The maximum Gasteiger partial charge on any atom is 0.317 e. The van der Waals surface area contributed by atoms with Crippen LogP contribution in [0.1, 0.15) is 31.7 Å². The molecule has 2 aromatic rings. The Kier molecular flexibility index (Phi) is 5.43. The molecule has 7 nitrogen and oxygen atoms in total. The molecule has 1 aromatic heterocycles. The standard InChI is InChI=1S/C19H24FN5O2/c1-2-19(17(21)26)8-3-9-24(13-19)18(27)22-10-14-11-23-25(12-14)16-6-4-15(20)5-7-16/h4-7,11-12H,2-3,8-10,13H2,1H3,(H2,21,26)(H,22,27)/t19-/m1/s1. The average molecular weight is 373 g/mol. The number of nitrogens with one attached hydrogen (secondary N) is 1. The number of likely N-dealkylation sites (tertiary alicyclic amines) is 1. The molecule has 3 N–H and O–H groups in total. The largest absolute Gasteiger partial charge is 0.369 e. The average Bonchev–Trinajstić information content (AvgIpc) is 3.15. The summed E-state index contributed by atoms with van der Waals surface area (Å²) in [6.07, 6.45) is 5.53. The zero-order valence-corrected chi connectivity index (χ0v) is 15.3. The van der Waals surface area contributed by atoms with Crippen LogP contribution in [-0.4, -0.2) is 39.7 Å². The van der Waals surface area contributed by atoms with Crippen LogP contribution in [0.4, 0.5) is 9.18 Å². The number of nitrogens with two attached hydrogens (primary N) is 1. The third-order valence-corrected chi connectivity index (χ3v) is 5.23. The first kappa shape index (κ1) is 18.9. The van der Waals surface area contributed by atoms with Crippen molar-refractivity contribution in [2.45, 2.75) is 32.7 Å². The predicted molar refractivity (Wildman–Crippen MR) is 98.5 cm³/mol. The molecule has 1 saturated heterocycles. The fourth-order valence-electron chi connectivity index (χ4n) is 3.44. The van der Waals surface area contributed by atoms with Crippen molar-refractivity contribution in [3.63, 3.8) is 0 Å². The number of carbonyl (C=O) groups excluding carboxylic acids is 2. The molecule has 0 spiro atoms. The molecule has 0 radical (unpaired) electrons. The third-order valence-electron chi connectivity index (χ3n) is 5.23. The molecule has 1 fully saturated rings. The van der Waals surface area contributed by atoms with E-state index in [-0.39, 0.29) is 17.8 Å². The molecular weight excluding hydrogens is 349 g/mol. The SMILES string of the molecule is CC[C@@]1(C(N)=O)CCCN(C(=O)NCc2cnn(-c3ccc(F)cc3)c2)C1. The van der Waals surface area contributed by atoms with Crippen molar-refractivity contribution in [2.24, 2.45) is 11.1 Å². The molecule has 0 aliphatic carbocycles. The van der Waals surface area contributed by atoms with Crippen LogP contribution in [0.3, 0.4) is 0 Å². The van der Waals surface area contributed by atoms with Gasteiger partial charge in [-0.05, 0) is 43.5 Å². The van der Waals surface area contributed by atoms with E-state index < -0.39 is 5.41 Å². The topological polar surface area (TPSA) is 93.2 Å². The Balaban J connectivity index is 1.59. The number of benzene rings is 1. The molecule has 8 heteroatoms. The molecular formula is C19H24FN5O2. The van der Waals surface area contributed by atoms with Gasteiger partial charge in [0.2, 0.25) is 5.91 Å². The quantitative estimate of drug-likeness (QED) is 0.841. The lowest BCUT2D eigenvalue weighted by atomic mass is 9.77. The highest BCUT2D eigenvalue weighted by Gasteiger charge is 2.40. The normalized spacial score (nSPS) is 19.7. The summed E-state index contributed by atoms with van der Waals surface area (Å²) in [5, 5.41) is 7.10. The first-order valence-corrected chi connectivity index (χ1v) is 9.06. The molecule has 1 aromatic carbocycles. The Morgan fingerprint density at radius 2 is 2.07 bits per heavy atom. The second-order valence-corrected chi connectivity index (χ2v) is 6.95. The van der Waals surface area contributed by atoms with Crippen molar-refractivity contribution >= 4 is 11.9 Å². The van der Waals surface area contributed by atoms with Crippen molar-refractivity contribution in [3.8, 4) is 5.69 Å². The smallest absolute Gasteiger partial charge is 0.317 e. The van der Waals surface area contributed by atoms with E-state index in [1.807, 2.05) is 6.92 Å². The number of hydrogen-bond acceptors (Lipinski definition) is 3. The van der Waals surface area contributed by atoms with Crippen molar-refractivity contribution < 1.29 is 14.0 Å². The zero-order valence-electron chi connectivity index (χ0n) is 15.3. The lowest BCUT2D eigenvalue weighted by Gasteiger charge is -2.40. The summed E-state index contributed by atoms with van der Waals surface area (Å²) in [5.41, 5.74) is 6.50. The summed E-state index contributed by atoms with van der Waals surface area (Å²) in [6.45, 7) is 3.19. The molecule has 144 valence electrons. The Morgan fingerprint density at radius 3 is 2.74 bits per heavy atom. The minimum atomic E-state index is -0.636. The van der Waals surface area contributed by atoms with Crippen molar-refractivity contribution in [2.75, 3.05) is 13.1 Å². The number of nitrogens with zero attached hydrogens (tertiary/aromatic N) is 3. The molecule has 3 amide bonds. The molecule has 1 aliphatic heterocycles. The summed E-state index contributed by atoms with van der Waals surface area (Å²) >= 11 is 0. The van der Waals surface area contributed by atoms with Crippen LogP contribution < -0.4 is 11.1 Å². The maximum atomic E-state index is 13.0. The van der Waals surface area contributed by atoms with E-state index in [2.05, 4.69) is 10.4 Å². The van der Waals surface area contributed by atoms with E-state index in [0.29, 0.717) is 32.5 Å². The van der Waals surface area contributed by atoms with Crippen LogP contribution in [-0.2, 0) is 11.3 Å². The van der Waals surface area contributed by atoms with Crippen molar-refractivity contribution in [1.82, 2.24) is 20.0 Å². The summed E-state index contributed by atoms with van der Waals surface area (Å²) in [7, 11) is 0. The van der Waals surface area contributed by atoms with Crippen LogP contribution in [0.2, 0.25) is 0 Å². The van der Waals surface area contributed by atoms with E-state index in [1.54, 1.807) is 34.1 Å². The lowest BCUT2D eigenvalue weighted by Crippen LogP contribution is -2.54. The van der Waals surface area contributed by atoms with E-state index >= 15 is 0 Å². The van der Waals surface area contributed by atoms with Gasteiger partial charge in [-0.15, -0.1) is 0 Å². The fraction of sp³-hybridized carbons (Fsp3) is 0.421. The minimum absolute atomic E-state index is 0.219. The summed E-state index contributed by atoms with van der Waals surface area (Å²) in [6, 6.07) is 5.78. The van der Waals surface area contributed by atoms with Gasteiger partial charge in [0.05, 0.1) is 17.3 Å². The van der Waals surface area contributed by atoms with Gasteiger partial charge in [0, 0.05) is 31.4 Å². The first-order chi connectivity index (χ1) is 12.9. The van der Waals surface area contributed by atoms with Gasteiger partial charge in [-0.3, -0.25) is 4.79 Å². The van der Waals surface area contributed by atoms with Gasteiger partial charge in [0.1, 0.15) is 5.82 Å². The lowest BCUT2D eigenvalue weighted by molar-refractivity contribution is -0.130. The highest BCUT2D eigenvalue weighted by molar-refractivity contribution is 5.82. The molecule has 0 saturated carbocycles. The van der Waals surface area contributed by atoms with Gasteiger partial charge in [-0.2, -0.15) is 5.10 Å². The molecule has 1 atom stereocenters. The van der Waals surface area contributed by atoms with Crippen molar-refractivity contribution in [3.05, 3.63) is 48.0 Å².